The molecule has 0 aliphatic heterocycles. The maximum Gasteiger partial charge on any atom is 0.265 e. The Kier molecular flexibility index (Phi) is 6.58. The van der Waals surface area contributed by atoms with E-state index in [1.54, 1.807) is 33.8 Å². The first-order chi connectivity index (χ1) is 14.7. The minimum absolute atomic E-state index is 0.0123. The molecule has 0 aliphatic carbocycles. The maximum absolute atomic E-state index is 13.3. The lowest BCUT2D eigenvalue weighted by Crippen LogP contribution is -2.18. The SMILES string of the molecule is Cc1cc(C)c(S(C)(=O)=O)cc1C(C)C(=O)c1sccc1S(=O)(=O)Nc1onc(C)c1Cl. The Morgan fingerprint density at radius 1 is 1.12 bits per heavy atom. The van der Waals surface area contributed by atoms with Crippen LogP contribution in [0.25, 0.3) is 0 Å². The molecular weight excluding hydrogens is 496 g/mol. The third-order valence-corrected chi connectivity index (χ3v) is 9.10. The van der Waals surface area contributed by atoms with Gasteiger partial charge in [0.25, 0.3) is 15.9 Å². The van der Waals surface area contributed by atoms with Crippen LogP contribution in [-0.2, 0) is 19.9 Å². The van der Waals surface area contributed by atoms with Crippen LogP contribution in [0.15, 0.2) is 37.9 Å². The topological polar surface area (TPSA) is 123 Å². The number of anilines is 1. The lowest BCUT2D eigenvalue weighted by molar-refractivity contribution is 0.0966. The number of sulfone groups is 1. The monoisotopic (exact) mass is 516 g/mol. The number of halogens is 1. The van der Waals surface area contributed by atoms with E-state index >= 15 is 0 Å². The van der Waals surface area contributed by atoms with Gasteiger partial charge in [0.15, 0.2) is 15.6 Å². The number of hydrogen-bond acceptors (Lipinski definition) is 8. The van der Waals surface area contributed by atoms with E-state index in [2.05, 4.69) is 9.88 Å². The Labute approximate surface area is 195 Å². The van der Waals surface area contributed by atoms with Gasteiger partial charge in [-0.25, -0.2) is 21.6 Å². The van der Waals surface area contributed by atoms with Crippen LogP contribution in [0.5, 0.6) is 0 Å². The Morgan fingerprint density at radius 3 is 2.34 bits per heavy atom. The first kappa shape index (κ1) is 24.4. The van der Waals surface area contributed by atoms with Gasteiger partial charge in [-0.05, 0) is 55.0 Å². The quantitative estimate of drug-likeness (QED) is 0.458. The molecule has 172 valence electrons. The molecule has 1 unspecified atom stereocenters. The van der Waals surface area contributed by atoms with Crippen LogP contribution >= 0.6 is 22.9 Å². The minimum atomic E-state index is -4.19. The maximum atomic E-state index is 13.3. The van der Waals surface area contributed by atoms with Gasteiger partial charge in [0.05, 0.1) is 9.77 Å². The summed E-state index contributed by atoms with van der Waals surface area (Å²) in [6, 6.07) is 4.51. The van der Waals surface area contributed by atoms with Crippen molar-refractivity contribution in [2.45, 2.75) is 43.4 Å². The van der Waals surface area contributed by atoms with Crippen molar-refractivity contribution in [1.29, 1.82) is 0 Å². The Balaban J connectivity index is 2.01. The Morgan fingerprint density at radius 2 is 1.78 bits per heavy atom. The van der Waals surface area contributed by atoms with E-state index in [1.807, 2.05) is 0 Å². The van der Waals surface area contributed by atoms with Gasteiger partial charge in [-0.2, -0.15) is 0 Å². The second-order valence-corrected chi connectivity index (χ2v) is 12.4. The van der Waals surface area contributed by atoms with Crippen molar-refractivity contribution in [3.05, 3.63) is 55.9 Å². The van der Waals surface area contributed by atoms with Gasteiger partial charge < -0.3 is 4.52 Å². The van der Waals surface area contributed by atoms with Crippen LogP contribution in [0.2, 0.25) is 5.02 Å². The minimum Gasteiger partial charge on any atom is -0.336 e. The van der Waals surface area contributed by atoms with Gasteiger partial charge in [-0.15, -0.1) is 11.3 Å². The largest absolute Gasteiger partial charge is 0.336 e. The van der Waals surface area contributed by atoms with Gasteiger partial charge in [-0.3, -0.25) is 4.79 Å². The summed E-state index contributed by atoms with van der Waals surface area (Å²) >= 11 is 6.97. The van der Waals surface area contributed by atoms with Crippen LogP contribution in [0.3, 0.4) is 0 Å². The fourth-order valence-corrected chi connectivity index (χ4v) is 6.96. The van der Waals surface area contributed by atoms with Crippen molar-refractivity contribution >= 4 is 54.5 Å². The van der Waals surface area contributed by atoms with Crippen LogP contribution in [-0.4, -0.2) is 34.0 Å². The standard InChI is InChI=1S/C20H21ClN2O6S3/c1-10-8-11(2)16(31(5,25)26)9-14(10)12(3)18(24)19-15(6-7-30-19)32(27,28)23-20-17(21)13(4)22-29-20/h6-9,12,23H,1-5H3. The average molecular weight is 517 g/mol. The van der Waals surface area contributed by atoms with Crippen LogP contribution in [0, 0.1) is 20.8 Å². The van der Waals surface area contributed by atoms with Gasteiger partial charge in [-0.1, -0.05) is 29.7 Å². The molecule has 3 rings (SSSR count). The summed E-state index contributed by atoms with van der Waals surface area (Å²) in [5.74, 6) is -1.47. The predicted octanol–water partition coefficient (Wildman–Crippen LogP) is 4.51. The number of aromatic nitrogens is 1. The lowest BCUT2D eigenvalue weighted by Gasteiger charge is -2.17. The number of thiophene rings is 1. The highest BCUT2D eigenvalue weighted by Crippen LogP contribution is 2.34. The van der Waals surface area contributed by atoms with E-state index in [1.165, 1.54) is 17.5 Å². The molecule has 12 heteroatoms. The molecule has 8 nitrogen and oxygen atoms in total. The number of benzene rings is 1. The molecular formula is C20H21ClN2O6S3. The fourth-order valence-electron chi connectivity index (χ4n) is 3.34. The number of ketones is 1. The number of Topliss-reactive ketones (excluding diaryl/α,β-unsaturated/α-hetero) is 1. The summed E-state index contributed by atoms with van der Waals surface area (Å²) in [4.78, 5) is 13.2. The first-order valence-corrected chi connectivity index (χ1v) is 13.9. The molecule has 2 aromatic heterocycles. The van der Waals surface area contributed by atoms with Crippen molar-refractivity contribution in [3.8, 4) is 0 Å². The molecule has 32 heavy (non-hydrogen) atoms. The summed E-state index contributed by atoms with van der Waals surface area (Å²) in [6.45, 7) is 6.64. The molecule has 0 radical (unpaired) electrons. The van der Waals surface area contributed by atoms with Gasteiger partial charge in [0.1, 0.15) is 15.6 Å². The lowest BCUT2D eigenvalue weighted by atomic mass is 9.91. The van der Waals surface area contributed by atoms with Crippen LogP contribution < -0.4 is 4.72 Å². The molecule has 0 spiro atoms. The van der Waals surface area contributed by atoms with Crippen molar-refractivity contribution in [1.82, 2.24) is 5.16 Å². The third kappa shape index (κ3) is 4.61. The third-order valence-electron chi connectivity index (χ3n) is 4.98. The number of sulfonamides is 1. The van der Waals surface area contributed by atoms with E-state index in [9.17, 15) is 21.6 Å². The van der Waals surface area contributed by atoms with Crippen molar-refractivity contribution in [3.63, 3.8) is 0 Å². The van der Waals surface area contributed by atoms with E-state index in [0.717, 1.165) is 23.2 Å². The van der Waals surface area contributed by atoms with Crippen molar-refractivity contribution in [2.75, 3.05) is 11.0 Å². The first-order valence-electron chi connectivity index (χ1n) is 9.31. The molecule has 1 atom stereocenters. The molecule has 3 aromatic rings. The predicted molar refractivity (Wildman–Crippen MR) is 123 cm³/mol. The number of nitrogens with one attached hydrogen (secondary N) is 1. The molecule has 0 saturated carbocycles. The summed E-state index contributed by atoms with van der Waals surface area (Å²) in [6.07, 6.45) is 1.10. The van der Waals surface area contributed by atoms with Crippen molar-refractivity contribution < 1.29 is 26.2 Å². The average Bonchev–Trinajstić information content (AvgIpc) is 3.29. The normalized spacial score (nSPS) is 13.2. The number of carbonyl (C=O) groups is 1. The number of rotatable bonds is 7. The molecule has 2 heterocycles. The second-order valence-electron chi connectivity index (χ2n) is 7.46. The zero-order valence-corrected chi connectivity index (χ0v) is 21.1. The fraction of sp³-hybridized carbons (Fsp3) is 0.300. The van der Waals surface area contributed by atoms with Crippen LogP contribution in [0.1, 0.15) is 44.9 Å². The Hall–Kier alpha value is -2.21. The molecule has 1 aromatic carbocycles. The van der Waals surface area contributed by atoms with E-state index in [-0.39, 0.29) is 25.6 Å². The number of aryl methyl sites for hydroxylation is 3. The van der Waals surface area contributed by atoms with Crippen molar-refractivity contribution in [2.24, 2.45) is 0 Å². The molecule has 0 fully saturated rings. The van der Waals surface area contributed by atoms with E-state index < -0.39 is 31.6 Å². The summed E-state index contributed by atoms with van der Waals surface area (Å²) in [7, 11) is -7.69. The highest BCUT2D eigenvalue weighted by atomic mass is 35.5. The zero-order valence-electron chi connectivity index (χ0n) is 17.9. The zero-order chi connectivity index (χ0) is 24.0. The van der Waals surface area contributed by atoms with Gasteiger partial charge in [0.2, 0.25) is 0 Å². The summed E-state index contributed by atoms with van der Waals surface area (Å²) < 4.78 is 57.2. The molecule has 0 saturated heterocycles. The highest BCUT2D eigenvalue weighted by Gasteiger charge is 2.30. The van der Waals surface area contributed by atoms with Gasteiger partial charge in [0, 0.05) is 12.2 Å². The number of hydrogen-bond donors (Lipinski definition) is 1. The molecule has 0 bridgehead atoms. The second kappa shape index (κ2) is 8.62. The smallest absolute Gasteiger partial charge is 0.265 e. The van der Waals surface area contributed by atoms with E-state index in [4.69, 9.17) is 16.1 Å². The molecule has 0 aliphatic rings. The van der Waals surface area contributed by atoms with Crippen LogP contribution in [0.4, 0.5) is 5.88 Å². The number of carbonyl (C=O) groups excluding carboxylic acids is 1. The number of nitrogens with zero attached hydrogens (tertiary/aromatic N) is 1. The summed E-state index contributed by atoms with van der Waals surface area (Å²) in [5.41, 5.74) is 2.14. The Bertz CT molecular complexity index is 1420. The highest BCUT2D eigenvalue weighted by molar-refractivity contribution is 7.93. The molecule has 0 amide bonds. The molecule has 1 N–H and O–H groups in total. The van der Waals surface area contributed by atoms with E-state index in [0.29, 0.717) is 16.8 Å². The van der Waals surface area contributed by atoms with Gasteiger partial charge >= 0.3 is 0 Å². The summed E-state index contributed by atoms with van der Waals surface area (Å²) in [5, 5.41) is 5.12.